The maximum absolute atomic E-state index is 13.6. The molecule has 6 nitrogen and oxygen atoms in total. The Balaban J connectivity index is 1.94. The third-order valence-electron chi connectivity index (χ3n) is 6.69. The summed E-state index contributed by atoms with van der Waals surface area (Å²) in [6, 6.07) is 12.3. The highest BCUT2D eigenvalue weighted by Gasteiger charge is 2.32. The van der Waals surface area contributed by atoms with Gasteiger partial charge in [-0.3, -0.25) is 9.98 Å². The van der Waals surface area contributed by atoms with Gasteiger partial charge in [-0.15, -0.1) is 0 Å². The Morgan fingerprint density at radius 1 is 1.03 bits per heavy atom. The summed E-state index contributed by atoms with van der Waals surface area (Å²) in [6.45, 7) is 4.85. The number of allylic oxidation sites excluding steroid dienone is 1. The smallest absolute Gasteiger partial charge is 0.352 e. The number of anilines is 1. The summed E-state index contributed by atoms with van der Waals surface area (Å²) in [4.78, 5) is 18.5. The van der Waals surface area contributed by atoms with Crippen LogP contribution in [0.5, 0.6) is 0 Å². The maximum atomic E-state index is 13.6. The second-order valence-electron chi connectivity index (χ2n) is 9.12. The van der Waals surface area contributed by atoms with E-state index in [-0.39, 0.29) is 6.54 Å². The molecule has 0 amide bonds. The number of imidazole rings is 1. The number of fused-ring (bicyclic) bond motifs is 1. The molecule has 1 aliphatic heterocycles. The molecule has 0 spiro atoms. The first-order chi connectivity index (χ1) is 18.3. The van der Waals surface area contributed by atoms with Gasteiger partial charge in [0.05, 0.1) is 41.5 Å². The van der Waals surface area contributed by atoms with Gasteiger partial charge in [-0.1, -0.05) is 44.2 Å². The van der Waals surface area contributed by atoms with Gasteiger partial charge in [0.15, 0.2) is 0 Å². The summed E-state index contributed by atoms with van der Waals surface area (Å²) in [5.41, 5.74) is 7.10. The number of alkyl halides is 3. The summed E-state index contributed by atoms with van der Waals surface area (Å²) < 4.78 is 40.7. The molecule has 0 bridgehead atoms. The maximum Gasteiger partial charge on any atom is 0.419 e. The predicted octanol–water partition coefficient (Wildman–Crippen LogP) is 6.46. The van der Waals surface area contributed by atoms with Gasteiger partial charge >= 0.3 is 6.18 Å². The van der Waals surface area contributed by atoms with Crippen molar-refractivity contribution in [2.24, 2.45) is 9.98 Å². The van der Waals surface area contributed by atoms with Crippen molar-refractivity contribution >= 4 is 35.0 Å². The predicted molar refractivity (Wildman–Crippen MR) is 150 cm³/mol. The van der Waals surface area contributed by atoms with Crippen molar-refractivity contribution in [3.05, 3.63) is 76.8 Å². The standard InChI is InChI=1S/C29H33F3N6/c1-4-20-9-6-10-21(5-2)27(20)38(3)28(24-12-7-13-25-26(24)37-19-36-25)22-11-8-14-33-18-35-17-23(16-34-15-22)29(30,31)32/h6-7,9-10,12-13,16-19H,4-5,8,11,14-15H2,1-3H3,(H,33,35)(H,36,37)/b23-17+,28-22+,34-16?. The number of aromatic amines is 1. The van der Waals surface area contributed by atoms with Gasteiger partial charge in [-0.25, -0.2) is 4.98 Å². The van der Waals surface area contributed by atoms with Gasteiger partial charge in [0.2, 0.25) is 0 Å². The van der Waals surface area contributed by atoms with E-state index in [9.17, 15) is 13.2 Å². The molecule has 0 radical (unpaired) electrons. The zero-order chi connectivity index (χ0) is 27.1. The lowest BCUT2D eigenvalue weighted by atomic mass is 9.96. The van der Waals surface area contributed by atoms with Crippen LogP contribution in [0, 0.1) is 0 Å². The second-order valence-corrected chi connectivity index (χ2v) is 9.12. The van der Waals surface area contributed by atoms with E-state index in [4.69, 9.17) is 0 Å². The van der Waals surface area contributed by atoms with Crippen LogP contribution < -0.4 is 10.2 Å². The van der Waals surface area contributed by atoms with E-state index in [1.165, 1.54) is 17.5 Å². The van der Waals surface area contributed by atoms with Crippen molar-refractivity contribution in [3.63, 3.8) is 0 Å². The summed E-state index contributed by atoms with van der Waals surface area (Å²) in [6.07, 6.45) is 3.26. The minimum atomic E-state index is -4.53. The highest BCUT2D eigenvalue weighted by molar-refractivity contribution is 5.95. The third kappa shape index (κ3) is 5.98. The Labute approximate surface area is 221 Å². The molecule has 0 atom stereocenters. The highest BCUT2D eigenvalue weighted by atomic mass is 19.4. The first kappa shape index (κ1) is 27.2. The molecule has 0 aliphatic carbocycles. The number of benzene rings is 2. The van der Waals surface area contributed by atoms with Gasteiger partial charge < -0.3 is 15.2 Å². The average Bonchev–Trinajstić information content (AvgIpc) is 3.38. The van der Waals surface area contributed by atoms with E-state index < -0.39 is 11.7 Å². The number of aromatic nitrogens is 2. The van der Waals surface area contributed by atoms with E-state index >= 15 is 0 Å². The van der Waals surface area contributed by atoms with Crippen LogP contribution in [-0.2, 0) is 12.8 Å². The Kier molecular flexibility index (Phi) is 8.66. The van der Waals surface area contributed by atoms with Crippen LogP contribution in [0.3, 0.4) is 0 Å². The van der Waals surface area contributed by atoms with Crippen molar-refractivity contribution < 1.29 is 13.2 Å². The van der Waals surface area contributed by atoms with E-state index in [1.807, 2.05) is 25.2 Å². The first-order valence-corrected chi connectivity index (χ1v) is 12.9. The monoisotopic (exact) mass is 522 g/mol. The zero-order valence-corrected chi connectivity index (χ0v) is 21.9. The van der Waals surface area contributed by atoms with E-state index in [0.29, 0.717) is 13.0 Å². The molecule has 0 saturated carbocycles. The molecule has 2 N–H and O–H groups in total. The number of H-pyrrole nitrogens is 1. The minimum absolute atomic E-state index is 0.118. The molecule has 0 unspecified atom stereocenters. The van der Waals surface area contributed by atoms with Crippen LogP contribution in [0.25, 0.3) is 16.7 Å². The molecule has 3 aromatic rings. The average molecular weight is 523 g/mol. The highest BCUT2D eigenvalue weighted by Crippen LogP contribution is 2.37. The number of para-hydroxylation sites is 2. The lowest BCUT2D eigenvalue weighted by Gasteiger charge is -2.30. The molecule has 9 heteroatoms. The van der Waals surface area contributed by atoms with Gasteiger partial charge in [0, 0.05) is 37.3 Å². The lowest BCUT2D eigenvalue weighted by molar-refractivity contribution is -0.0858. The molecule has 0 saturated heterocycles. The molecule has 2 aromatic carbocycles. The summed E-state index contributed by atoms with van der Waals surface area (Å²) in [7, 11) is 2.03. The van der Waals surface area contributed by atoms with Gasteiger partial charge in [-0.05, 0) is 48.4 Å². The molecule has 1 aliphatic rings. The van der Waals surface area contributed by atoms with Gasteiger partial charge in [-0.2, -0.15) is 13.2 Å². The summed E-state index contributed by atoms with van der Waals surface area (Å²) in [5.74, 6) is 0. The third-order valence-corrected chi connectivity index (χ3v) is 6.69. The summed E-state index contributed by atoms with van der Waals surface area (Å²) >= 11 is 0. The molecule has 2 heterocycles. The Morgan fingerprint density at radius 2 is 1.76 bits per heavy atom. The fourth-order valence-electron chi connectivity index (χ4n) is 4.87. The zero-order valence-electron chi connectivity index (χ0n) is 21.9. The largest absolute Gasteiger partial charge is 0.419 e. The molecule has 4 rings (SSSR count). The van der Waals surface area contributed by atoms with Gasteiger partial charge in [0.25, 0.3) is 0 Å². The molecular weight excluding hydrogens is 489 g/mol. The molecule has 0 fully saturated rings. The van der Waals surface area contributed by atoms with Crippen LogP contribution in [0.4, 0.5) is 18.9 Å². The fraction of sp³-hybridized carbons (Fsp3) is 0.345. The van der Waals surface area contributed by atoms with Crippen LogP contribution in [0.1, 0.15) is 43.4 Å². The number of nitrogens with zero attached hydrogens (tertiary/aromatic N) is 4. The number of rotatable bonds is 5. The number of nitrogens with one attached hydrogen (secondary N) is 2. The second kappa shape index (κ2) is 12.1. The Bertz CT molecular complexity index is 1360. The van der Waals surface area contributed by atoms with E-state index in [2.05, 4.69) is 62.2 Å². The molecule has 1 aromatic heterocycles. The van der Waals surface area contributed by atoms with Crippen LogP contribution in [-0.4, -0.2) is 48.8 Å². The number of halogens is 3. The lowest BCUT2D eigenvalue weighted by Crippen LogP contribution is -2.22. The SMILES string of the molecule is CCc1cccc(CC)c1N(C)/C(=C1\CCCN=CN/C=C(/C(F)(F)F)C=NC1)c1cccc2[nH]cnc12. The normalized spacial score (nSPS) is 17.8. The number of hydrogen-bond donors (Lipinski definition) is 2. The van der Waals surface area contributed by atoms with Crippen LogP contribution in [0.2, 0.25) is 0 Å². The number of aliphatic imine (C=N–C) groups is 2. The quantitative estimate of drug-likeness (QED) is 0.404. The van der Waals surface area contributed by atoms with Crippen molar-refractivity contribution in [1.29, 1.82) is 0 Å². The Hall–Kier alpha value is -3.88. The minimum Gasteiger partial charge on any atom is -0.352 e. The first-order valence-electron chi connectivity index (χ1n) is 12.9. The van der Waals surface area contributed by atoms with Gasteiger partial charge in [0.1, 0.15) is 0 Å². The Morgan fingerprint density at radius 3 is 2.47 bits per heavy atom. The molecular formula is C29H33F3N6. The van der Waals surface area contributed by atoms with Crippen molar-refractivity contribution in [2.75, 3.05) is 25.0 Å². The van der Waals surface area contributed by atoms with Crippen molar-refractivity contribution in [3.8, 4) is 0 Å². The van der Waals surface area contributed by atoms with Crippen LogP contribution in [0.15, 0.2) is 70.1 Å². The van der Waals surface area contributed by atoms with Crippen molar-refractivity contribution in [1.82, 2.24) is 15.3 Å². The summed E-state index contributed by atoms with van der Waals surface area (Å²) in [5, 5.41) is 2.50. The van der Waals surface area contributed by atoms with E-state index in [0.717, 1.165) is 65.2 Å². The number of aryl methyl sites for hydroxylation is 2. The fourth-order valence-corrected chi connectivity index (χ4v) is 4.87. The molecule has 200 valence electrons. The topological polar surface area (TPSA) is 68.7 Å². The van der Waals surface area contributed by atoms with E-state index in [1.54, 1.807) is 6.33 Å². The number of hydrogen-bond acceptors (Lipinski definition) is 5. The van der Waals surface area contributed by atoms with Crippen molar-refractivity contribution in [2.45, 2.75) is 45.7 Å². The molecule has 38 heavy (non-hydrogen) atoms. The van der Waals surface area contributed by atoms with Crippen LogP contribution >= 0.6 is 0 Å².